The number of nitrogens with zero attached hydrogens (tertiary/aromatic N) is 2. The minimum Gasteiger partial charge on any atom is -0.453 e. The van der Waals surface area contributed by atoms with Crippen LogP contribution in [0.3, 0.4) is 0 Å². The van der Waals surface area contributed by atoms with Crippen LogP contribution >= 0.6 is 11.3 Å². The van der Waals surface area contributed by atoms with E-state index < -0.39 is 6.09 Å². The summed E-state index contributed by atoms with van der Waals surface area (Å²) in [5, 5.41) is 12.1. The molecular weight excluding hydrogens is 454 g/mol. The minimum atomic E-state index is -0.473. The molecule has 1 aliphatic heterocycles. The number of hydrogen-bond donors (Lipinski definition) is 3. The van der Waals surface area contributed by atoms with Gasteiger partial charge in [-0.25, -0.2) is 14.6 Å². The van der Waals surface area contributed by atoms with Crippen LogP contribution in [0.25, 0.3) is 0 Å². The predicted molar refractivity (Wildman–Crippen MR) is 133 cm³/mol. The zero-order chi connectivity index (χ0) is 24.2. The first-order valence-corrected chi connectivity index (χ1v) is 13.5. The first-order chi connectivity index (χ1) is 16.6. The molecule has 3 N–H and O–H groups in total. The van der Waals surface area contributed by atoms with Crippen molar-refractivity contribution in [3.05, 3.63) is 16.6 Å². The van der Waals surface area contributed by atoms with Crippen molar-refractivity contribution in [1.29, 1.82) is 0 Å². The van der Waals surface area contributed by atoms with Gasteiger partial charge in [-0.05, 0) is 32.2 Å². The lowest BCUT2D eigenvalue weighted by atomic mass is 9.85. The summed E-state index contributed by atoms with van der Waals surface area (Å²) in [6, 6.07) is 0.169. The van der Waals surface area contributed by atoms with Gasteiger partial charge in [-0.1, -0.05) is 32.1 Å². The number of urea groups is 1. The molecule has 3 rings (SSSR count). The van der Waals surface area contributed by atoms with Crippen molar-refractivity contribution in [3.8, 4) is 0 Å². The molecule has 10 heteroatoms. The molecule has 192 valence electrons. The number of carbonyl (C=O) groups is 2. The van der Waals surface area contributed by atoms with Crippen LogP contribution in [0.1, 0.15) is 62.5 Å². The van der Waals surface area contributed by atoms with E-state index in [0.29, 0.717) is 25.6 Å². The Bertz CT molecular complexity index is 729. The fourth-order valence-electron chi connectivity index (χ4n) is 5.17. The van der Waals surface area contributed by atoms with Crippen LogP contribution in [0.5, 0.6) is 0 Å². The van der Waals surface area contributed by atoms with Gasteiger partial charge in [0.2, 0.25) is 0 Å². The third-order valence-electron chi connectivity index (χ3n) is 6.84. The van der Waals surface area contributed by atoms with Crippen LogP contribution < -0.4 is 16.0 Å². The number of ether oxygens (including phenoxy) is 2. The minimum absolute atomic E-state index is 0.0195. The van der Waals surface area contributed by atoms with Gasteiger partial charge in [0.05, 0.1) is 13.7 Å². The third-order valence-corrected chi connectivity index (χ3v) is 7.68. The molecule has 3 atom stereocenters. The summed E-state index contributed by atoms with van der Waals surface area (Å²) in [6.07, 6.45) is 10.6. The molecule has 0 bridgehead atoms. The van der Waals surface area contributed by atoms with Gasteiger partial charge in [-0.2, -0.15) is 0 Å². The summed E-state index contributed by atoms with van der Waals surface area (Å²) >= 11 is 1.56. The lowest BCUT2D eigenvalue weighted by Crippen LogP contribution is -2.52. The van der Waals surface area contributed by atoms with E-state index in [1.165, 1.54) is 39.2 Å². The largest absolute Gasteiger partial charge is 0.453 e. The molecule has 0 radical (unpaired) electrons. The molecule has 2 heterocycles. The topological polar surface area (TPSA) is 105 Å². The second-order valence-electron chi connectivity index (χ2n) is 9.37. The summed E-state index contributed by atoms with van der Waals surface area (Å²) in [4.78, 5) is 31.0. The van der Waals surface area contributed by atoms with Crippen molar-refractivity contribution in [2.24, 2.45) is 11.8 Å². The molecule has 1 aliphatic carbocycles. The second-order valence-corrected chi connectivity index (χ2v) is 10.3. The lowest BCUT2D eigenvalue weighted by Gasteiger charge is -2.37. The molecule has 0 spiro atoms. The summed E-state index contributed by atoms with van der Waals surface area (Å²) in [6.45, 7) is 2.90. The maximum atomic E-state index is 13.2. The molecule has 3 amide bonds. The molecule has 0 aromatic carbocycles. The highest BCUT2D eigenvalue weighted by Gasteiger charge is 2.33. The van der Waals surface area contributed by atoms with Crippen LogP contribution in [0.4, 0.5) is 9.59 Å². The highest BCUT2D eigenvalue weighted by atomic mass is 32.1. The Morgan fingerprint density at radius 1 is 1.24 bits per heavy atom. The van der Waals surface area contributed by atoms with Gasteiger partial charge < -0.3 is 30.3 Å². The molecule has 1 aromatic rings. The number of amides is 3. The number of hydrogen-bond acceptors (Lipinski definition) is 7. The smallest absolute Gasteiger partial charge is 0.406 e. The van der Waals surface area contributed by atoms with Gasteiger partial charge in [-0.3, -0.25) is 0 Å². The van der Waals surface area contributed by atoms with Crippen molar-refractivity contribution in [3.63, 3.8) is 0 Å². The fourth-order valence-corrected chi connectivity index (χ4v) is 5.94. The molecule has 1 aromatic heterocycles. The number of thiazole rings is 1. The van der Waals surface area contributed by atoms with E-state index >= 15 is 0 Å². The average molecular weight is 496 g/mol. The van der Waals surface area contributed by atoms with E-state index in [0.717, 1.165) is 37.4 Å². The number of rotatable bonds is 11. The van der Waals surface area contributed by atoms with Crippen LogP contribution in [0.2, 0.25) is 0 Å². The van der Waals surface area contributed by atoms with E-state index in [1.807, 2.05) is 17.3 Å². The standard InChI is InChI=1S/C24H41N5O4S/c1-25-16-20(15-18-7-4-3-5-8-18)28-23(30)29-12-6-9-19(17-29)21(22-26-11-14-34-22)33-13-10-27-24(31)32-2/h11,14,18-21,25H,3-10,12-13,15-17H2,1-2H3,(H,27,31)(H,28,30)/t19-,20+,21-/m1/s1. The Labute approximate surface area is 207 Å². The number of nitrogens with one attached hydrogen (secondary N) is 3. The van der Waals surface area contributed by atoms with Crippen LogP contribution in [-0.4, -0.2) is 75.0 Å². The maximum absolute atomic E-state index is 13.2. The second kappa shape index (κ2) is 14.5. The Hall–Kier alpha value is -1.91. The number of likely N-dealkylation sites (tertiary alicyclic amines) is 1. The number of aromatic nitrogens is 1. The highest BCUT2D eigenvalue weighted by Crippen LogP contribution is 2.34. The quantitative estimate of drug-likeness (QED) is 0.406. The fraction of sp³-hybridized carbons (Fsp3) is 0.792. The van der Waals surface area contributed by atoms with E-state index in [9.17, 15) is 9.59 Å². The summed E-state index contributed by atoms with van der Waals surface area (Å²) in [5.74, 6) is 0.868. The Morgan fingerprint density at radius 3 is 2.76 bits per heavy atom. The first kappa shape index (κ1) is 26.7. The normalized spacial score (nSPS) is 21.0. The SMILES string of the molecule is CNC[C@H](CC1CCCCC1)NC(=O)N1CCC[C@@H]([C@@H](OCCNC(=O)OC)c2nccs2)C1. The van der Waals surface area contributed by atoms with Crippen molar-refractivity contribution in [2.45, 2.75) is 63.5 Å². The number of likely N-dealkylation sites (N-methyl/N-ethyl adjacent to an activating group) is 1. The summed E-state index contributed by atoms with van der Waals surface area (Å²) in [5.41, 5.74) is 0. The zero-order valence-corrected chi connectivity index (χ0v) is 21.4. The summed E-state index contributed by atoms with van der Waals surface area (Å²) in [7, 11) is 3.29. The Morgan fingerprint density at radius 2 is 2.06 bits per heavy atom. The van der Waals surface area contributed by atoms with Crippen molar-refractivity contribution >= 4 is 23.5 Å². The van der Waals surface area contributed by atoms with E-state index in [1.54, 1.807) is 17.5 Å². The van der Waals surface area contributed by atoms with Crippen LogP contribution in [0, 0.1) is 11.8 Å². The van der Waals surface area contributed by atoms with Gasteiger partial charge in [0, 0.05) is 49.7 Å². The van der Waals surface area contributed by atoms with Crippen LogP contribution in [0.15, 0.2) is 11.6 Å². The van der Waals surface area contributed by atoms with Gasteiger partial charge in [0.25, 0.3) is 0 Å². The molecule has 34 heavy (non-hydrogen) atoms. The Balaban J connectivity index is 1.55. The maximum Gasteiger partial charge on any atom is 0.406 e. The molecule has 0 unspecified atom stereocenters. The van der Waals surface area contributed by atoms with Gasteiger partial charge >= 0.3 is 12.1 Å². The molecule has 9 nitrogen and oxygen atoms in total. The zero-order valence-electron chi connectivity index (χ0n) is 20.6. The number of carbonyl (C=O) groups excluding carboxylic acids is 2. The lowest BCUT2D eigenvalue weighted by molar-refractivity contribution is -0.00875. The predicted octanol–water partition coefficient (Wildman–Crippen LogP) is 3.54. The highest BCUT2D eigenvalue weighted by molar-refractivity contribution is 7.09. The van der Waals surface area contributed by atoms with E-state index in [4.69, 9.17) is 4.74 Å². The first-order valence-electron chi connectivity index (χ1n) is 12.6. The van der Waals surface area contributed by atoms with Crippen molar-refractivity contribution in [2.75, 3.05) is 46.9 Å². The van der Waals surface area contributed by atoms with Gasteiger partial charge in [0.1, 0.15) is 11.1 Å². The van der Waals surface area contributed by atoms with Gasteiger partial charge in [-0.15, -0.1) is 11.3 Å². The van der Waals surface area contributed by atoms with E-state index in [-0.39, 0.29) is 24.1 Å². The third kappa shape index (κ3) is 8.39. The molecular formula is C24H41N5O4S. The van der Waals surface area contributed by atoms with Gasteiger partial charge in [0.15, 0.2) is 0 Å². The molecule has 2 aliphatic rings. The average Bonchev–Trinajstić information content (AvgIpc) is 3.39. The number of piperidine rings is 1. The number of alkyl carbamates (subject to hydrolysis) is 1. The summed E-state index contributed by atoms with van der Waals surface area (Å²) < 4.78 is 10.8. The van der Waals surface area contributed by atoms with Crippen molar-refractivity contribution in [1.82, 2.24) is 25.8 Å². The van der Waals surface area contributed by atoms with E-state index in [2.05, 4.69) is 25.7 Å². The molecule has 1 saturated carbocycles. The Kier molecular flexibility index (Phi) is 11.4. The molecule has 2 fully saturated rings. The van der Waals surface area contributed by atoms with Crippen LogP contribution in [-0.2, 0) is 9.47 Å². The molecule has 1 saturated heterocycles. The monoisotopic (exact) mass is 495 g/mol. The number of methoxy groups -OCH3 is 1. The van der Waals surface area contributed by atoms with Crippen molar-refractivity contribution < 1.29 is 19.1 Å².